The number of carbonyl (C=O) groups excluding carboxylic acids is 1. The molecular weight excluding hydrogens is 454 g/mol. The lowest BCUT2D eigenvalue weighted by Gasteiger charge is -2.52. The monoisotopic (exact) mass is 491 g/mol. The lowest BCUT2D eigenvalue weighted by atomic mass is 9.79. The second kappa shape index (κ2) is 10.1. The van der Waals surface area contributed by atoms with Crippen LogP contribution < -0.4 is 5.32 Å². The summed E-state index contributed by atoms with van der Waals surface area (Å²) < 4.78 is 0. The van der Waals surface area contributed by atoms with Crippen LogP contribution in [-0.2, 0) is 17.8 Å². The van der Waals surface area contributed by atoms with Crippen LogP contribution in [0.3, 0.4) is 0 Å². The molecule has 3 aromatic carbocycles. The molecule has 1 aromatic heterocycles. The Balaban J connectivity index is 1.24. The molecule has 0 atom stereocenters. The van der Waals surface area contributed by atoms with Gasteiger partial charge in [-0.15, -0.1) is 0 Å². The number of anilines is 1. The third-order valence-electron chi connectivity index (χ3n) is 7.82. The molecule has 0 spiro atoms. The van der Waals surface area contributed by atoms with E-state index in [0.717, 1.165) is 40.0 Å². The Bertz CT molecular complexity index is 1370. The van der Waals surface area contributed by atoms with Gasteiger partial charge in [0.2, 0.25) is 5.91 Å². The summed E-state index contributed by atoms with van der Waals surface area (Å²) in [7, 11) is 0. The van der Waals surface area contributed by atoms with E-state index >= 15 is 0 Å². The number of hydrogen-bond donors (Lipinski definition) is 1. The van der Waals surface area contributed by atoms with Crippen LogP contribution in [0.15, 0.2) is 84.9 Å². The minimum absolute atomic E-state index is 0.0223. The summed E-state index contributed by atoms with van der Waals surface area (Å²) in [6.07, 6.45) is 4.04. The molecule has 37 heavy (non-hydrogen) atoms. The van der Waals surface area contributed by atoms with E-state index in [1.165, 1.54) is 24.8 Å². The van der Waals surface area contributed by atoms with Gasteiger partial charge in [0.15, 0.2) is 0 Å². The number of hydrogen-bond acceptors (Lipinski definition) is 3. The molecule has 4 nitrogen and oxygen atoms in total. The zero-order valence-corrected chi connectivity index (χ0v) is 22.4. The molecule has 0 unspecified atom stereocenters. The van der Waals surface area contributed by atoms with E-state index < -0.39 is 0 Å². The van der Waals surface area contributed by atoms with Crippen LogP contribution >= 0.6 is 0 Å². The molecule has 0 aliphatic carbocycles. The Morgan fingerprint density at radius 3 is 2.22 bits per heavy atom. The van der Waals surface area contributed by atoms with E-state index in [-0.39, 0.29) is 17.0 Å². The lowest BCUT2D eigenvalue weighted by molar-refractivity contribution is -0.115. The Hall–Kier alpha value is -3.50. The zero-order chi connectivity index (χ0) is 26.0. The van der Waals surface area contributed by atoms with Gasteiger partial charge in [0, 0.05) is 28.7 Å². The number of pyridine rings is 1. The number of carbonyl (C=O) groups is 1. The summed E-state index contributed by atoms with van der Waals surface area (Å²) >= 11 is 0. The number of fused-ring (bicyclic) bond motifs is 1. The topological polar surface area (TPSA) is 45.2 Å². The van der Waals surface area contributed by atoms with Gasteiger partial charge in [0.05, 0.1) is 17.6 Å². The first-order valence-corrected chi connectivity index (χ1v) is 13.3. The summed E-state index contributed by atoms with van der Waals surface area (Å²) in [5.41, 5.74) is 6.49. The number of rotatable bonds is 6. The van der Waals surface area contributed by atoms with Gasteiger partial charge in [0.25, 0.3) is 0 Å². The van der Waals surface area contributed by atoms with Gasteiger partial charge in [-0.3, -0.25) is 14.7 Å². The zero-order valence-electron chi connectivity index (χ0n) is 22.4. The van der Waals surface area contributed by atoms with Crippen LogP contribution in [0.25, 0.3) is 22.0 Å². The van der Waals surface area contributed by atoms with Crippen molar-refractivity contribution in [3.63, 3.8) is 0 Å². The number of nitrogens with zero attached hydrogens (tertiary/aromatic N) is 2. The molecule has 1 aliphatic rings. The quantitative estimate of drug-likeness (QED) is 0.302. The van der Waals surface area contributed by atoms with E-state index in [0.29, 0.717) is 6.42 Å². The highest BCUT2D eigenvalue weighted by atomic mass is 16.1. The van der Waals surface area contributed by atoms with E-state index in [2.05, 4.69) is 74.3 Å². The molecule has 1 saturated heterocycles. The maximum Gasteiger partial charge on any atom is 0.228 e. The maximum atomic E-state index is 12.7. The molecule has 4 aromatic rings. The maximum absolute atomic E-state index is 12.7. The molecule has 1 N–H and O–H groups in total. The summed E-state index contributed by atoms with van der Waals surface area (Å²) in [6, 6.07) is 28.7. The van der Waals surface area contributed by atoms with Crippen molar-refractivity contribution in [1.82, 2.24) is 9.88 Å². The lowest BCUT2D eigenvalue weighted by Crippen LogP contribution is -2.57. The molecule has 0 radical (unpaired) electrons. The van der Waals surface area contributed by atoms with E-state index in [1.807, 2.05) is 48.5 Å². The van der Waals surface area contributed by atoms with Gasteiger partial charge in [-0.05, 0) is 87.9 Å². The molecule has 1 aliphatic heterocycles. The smallest absolute Gasteiger partial charge is 0.228 e. The molecule has 5 rings (SSSR count). The van der Waals surface area contributed by atoms with E-state index in [4.69, 9.17) is 4.98 Å². The highest BCUT2D eigenvalue weighted by Gasteiger charge is 2.41. The first-order valence-electron chi connectivity index (χ1n) is 13.3. The van der Waals surface area contributed by atoms with E-state index in [9.17, 15) is 4.79 Å². The third-order valence-corrected chi connectivity index (χ3v) is 7.82. The normalized spacial score (nSPS) is 17.0. The van der Waals surface area contributed by atoms with E-state index in [1.54, 1.807) is 0 Å². The summed E-state index contributed by atoms with van der Waals surface area (Å²) in [6.45, 7) is 10.2. The fraction of sp³-hybridized carbons (Fsp3) is 0.333. The van der Waals surface area contributed by atoms with Gasteiger partial charge in [0.1, 0.15) is 0 Å². The van der Waals surface area contributed by atoms with Gasteiger partial charge in [-0.25, -0.2) is 0 Å². The Labute approximate surface area is 220 Å². The van der Waals surface area contributed by atoms with Crippen molar-refractivity contribution in [2.24, 2.45) is 0 Å². The SMILES string of the molecule is CC1(C)CCCC(C)(C)N1Cc1ccc2cc(NC(=O)Cc3ccc(-c4ccccc4)cc3)ccc2n1. The van der Waals surface area contributed by atoms with Crippen molar-refractivity contribution < 1.29 is 4.79 Å². The molecule has 0 saturated carbocycles. The van der Waals surface area contributed by atoms with Crippen molar-refractivity contribution in [3.05, 3.63) is 96.2 Å². The molecule has 2 heterocycles. The van der Waals surface area contributed by atoms with Crippen molar-refractivity contribution in [1.29, 1.82) is 0 Å². The number of amides is 1. The number of benzene rings is 3. The average Bonchev–Trinajstić information content (AvgIpc) is 2.87. The van der Waals surface area contributed by atoms with Gasteiger partial charge in [-0.2, -0.15) is 0 Å². The predicted octanol–water partition coefficient (Wildman–Crippen LogP) is 7.63. The number of nitrogens with one attached hydrogen (secondary N) is 1. The first kappa shape index (κ1) is 25.2. The average molecular weight is 492 g/mol. The van der Waals surface area contributed by atoms with Gasteiger partial charge in [-0.1, -0.05) is 60.7 Å². The first-order chi connectivity index (χ1) is 17.7. The largest absolute Gasteiger partial charge is 0.326 e. The van der Waals surface area contributed by atoms with Gasteiger partial charge < -0.3 is 5.32 Å². The third kappa shape index (κ3) is 5.75. The van der Waals surface area contributed by atoms with Gasteiger partial charge >= 0.3 is 0 Å². The van der Waals surface area contributed by atoms with Crippen LogP contribution in [0, 0.1) is 0 Å². The summed E-state index contributed by atoms with van der Waals surface area (Å²) in [5.74, 6) is -0.0223. The van der Waals surface area contributed by atoms with Crippen LogP contribution in [0.2, 0.25) is 0 Å². The van der Waals surface area contributed by atoms with Crippen LogP contribution in [0.4, 0.5) is 5.69 Å². The Morgan fingerprint density at radius 1 is 0.838 bits per heavy atom. The number of likely N-dealkylation sites (tertiary alicyclic amines) is 1. The predicted molar refractivity (Wildman–Crippen MR) is 154 cm³/mol. The minimum Gasteiger partial charge on any atom is -0.326 e. The van der Waals surface area contributed by atoms with Crippen LogP contribution in [0.5, 0.6) is 0 Å². The van der Waals surface area contributed by atoms with Crippen LogP contribution in [-0.4, -0.2) is 26.9 Å². The molecule has 190 valence electrons. The highest BCUT2D eigenvalue weighted by Crippen LogP contribution is 2.39. The standard InChI is InChI=1S/C33H37N3O/c1-32(2)19-8-20-33(3,4)36(32)23-29-16-15-27-22-28(17-18-30(27)34-29)35-31(37)21-24-11-13-26(14-12-24)25-9-6-5-7-10-25/h5-7,9-18,22H,8,19-21,23H2,1-4H3,(H,35,37). The fourth-order valence-electron chi connectivity index (χ4n) is 5.80. The Morgan fingerprint density at radius 2 is 1.51 bits per heavy atom. The highest BCUT2D eigenvalue weighted by molar-refractivity contribution is 5.94. The second-order valence-corrected chi connectivity index (χ2v) is 11.6. The Kier molecular flexibility index (Phi) is 6.87. The molecule has 1 fully saturated rings. The minimum atomic E-state index is -0.0223. The van der Waals surface area contributed by atoms with Crippen LogP contribution in [0.1, 0.15) is 58.2 Å². The summed E-state index contributed by atoms with van der Waals surface area (Å²) in [4.78, 5) is 20.3. The van der Waals surface area contributed by atoms with Crippen molar-refractivity contribution in [2.45, 2.75) is 71.0 Å². The molecule has 4 heteroatoms. The number of piperidine rings is 1. The van der Waals surface area contributed by atoms with Crippen molar-refractivity contribution >= 4 is 22.5 Å². The van der Waals surface area contributed by atoms with Crippen molar-refractivity contribution in [2.75, 3.05) is 5.32 Å². The number of aromatic nitrogens is 1. The molecule has 0 bridgehead atoms. The molecular formula is C33H37N3O. The van der Waals surface area contributed by atoms with Crippen molar-refractivity contribution in [3.8, 4) is 11.1 Å². The molecule has 1 amide bonds. The summed E-state index contributed by atoms with van der Waals surface area (Å²) in [5, 5.41) is 4.09. The second-order valence-electron chi connectivity index (χ2n) is 11.6. The fourth-order valence-corrected chi connectivity index (χ4v) is 5.80.